The first-order valence-corrected chi connectivity index (χ1v) is 5.98. The lowest BCUT2D eigenvalue weighted by Gasteiger charge is -2.05. The van der Waals surface area contributed by atoms with E-state index >= 15 is 0 Å². The highest BCUT2D eigenvalue weighted by molar-refractivity contribution is 8.13. The second kappa shape index (κ2) is 8.02. The molecule has 1 aromatic rings. The number of thioether (sulfide) groups is 1. The maximum Gasteiger partial charge on any atom is 0.343 e. The number of carbonyl (C=O) groups excluding carboxylic acids is 2. The van der Waals surface area contributed by atoms with Crippen LogP contribution in [0.15, 0.2) is 34.3 Å². The fourth-order valence-electron chi connectivity index (χ4n) is 1.06. The monoisotopic (exact) mass is 281 g/mol. The fraction of sp³-hybridized carbons (Fsp3) is 0.273. The van der Waals surface area contributed by atoms with Crippen molar-refractivity contribution < 1.29 is 19.1 Å². The summed E-state index contributed by atoms with van der Waals surface area (Å²) >= 11 is 0.970. The van der Waals surface area contributed by atoms with Gasteiger partial charge in [-0.15, -0.1) is 0 Å². The van der Waals surface area contributed by atoms with Crippen molar-refractivity contribution in [2.45, 2.75) is 4.90 Å². The SMILES string of the molecule is COC(=O)COc1ccc(SC(=O)CN=[N+]=[N-])cc1. The van der Waals surface area contributed by atoms with Gasteiger partial charge in [-0.3, -0.25) is 4.79 Å². The van der Waals surface area contributed by atoms with E-state index in [4.69, 9.17) is 10.3 Å². The first-order chi connectivity index (χ1) is 9.15. The van der Waals surface area contributed by atoms with Gasteiger partial charge in [-0.1, -0.05) is 16.9 Å². The average molecular weight is 281 g/mol. The number of carbonyl (C=O) groups is 2. The molecule has 0 aromatic heterocycles. The van der Waals surface area contributed by atoms with Crippen molar-refractivity contribution in [2.75, 3.05) is 20.3 Å². The molecule has 0 bridgehead atoms. The van der Waals surface area contributed by atoms with Gasteiger partial charge in [0.25, 0.3) is 0 Å². The summed E-state index contributed by atoms with van der Waals surface area (Å²) < 4.78 is 9.58. The van der Waals surface area contributed by atoms with Crippen LogP contribution in [0.2, 0.25) is 0 Å². The van der Waals surface area contributed by atoms with E-state index in [0.717, 1.165) is 11.8 Å². The predicted octanol–water partition coefficient (Wildman–Crippen LogP) is 2.17. The summed E-state index contributed by atoms with van der Waals surface area (Å²) in [5.74, 6) is 0.0280. The Bertz CT molecular complexity index is 497. The van der Waals surface area contributed by atoms with Crippen molar-refractivity contribution in [3.63, 3.8) is 0 Å². The summed E-state index contributed by atoms with van der Waals surface area (Å²) in [6, 6.07) is 6.61. The van der Waals surface area contributed by atoms with Crippen molar-refractivity contribution in [3.05, 3.63) is 34.7 Å². The van der Waals surface area contributed by atoms with Gasteiger partial charge in [0, 0.05) is 9.81 Å². The summed E-state index contributed by atoms with van der Waals surface area (Å²) in [7, 11) is 1.28. The van der Waals surface area contributed by atoms with Crippen LogP contribution in [0.3, 0.4) is 0 Å². The summed E-state index contributed by atoms with van der Waals surface area (Å²) in [6.45, 7) is -0.361. The molecule has 0 unspecified atom stereocenters. The lowest BCUT2D eigenvalue weighted by Crippen LogP contribution is -2.12. The Labute approximate surface area is 113 Å². The molecule has 8 heteroatoms. The number of esters is 1. The number of hydrogen-bond acceptors (Lipinski definition) is 6. The van der Waals surface area contributed by atoms with Gasteiger partial charge >= 0.3 is 5.97 Å². The van der Waals surface area contributed by atoms with E-state index in [1.165, 1.54) is 7.11 Å². The van der Waals surface area contributed by atoms with Gasteiger partial charge in [-0.2, -0.15) is 0 Å². The number of hydrogen-bond donors (Lipinski definition) is 0. The molecule has 0 radical (unpaired) electrons. The number of benzene rings is 1. The smallest absolute Gasteiger partial charge is 0.343 e. The number of azide groups is 1. The quantitative estimate of drug-likeness (QED) is 0.261. The standard InChI is InChI=1S/C11H11N3O4S/c1-17-10(15)7-18-8-2-4-9(5-3-8)19-11(16)6-13-14-12/h2-5H,6-7H2,1H3. The Morgan fingerprint density at radius 2 is 2.05 bits per heavy atom. The molecule has 0 spiro atoms. The summed E-state index contributed by atoms with van der Waals surface area (Å²) in [5.41, 5.74) is 8.08. The number of ether oxygens (including phenoxy) is 2. The zero-order valence-electron chi connectivity index (χ0n) is 10.1. The maximum absolute atomic E-state index is 11.3. The first kappa shape index (κ1) is 14.9. The minimum atomic E-state index is -0.469. The van der Waals surface area contributed by atoms with E-state index in [1.807, 2.05) is 0 Å². The van der Waals surface area contributed by atoms with Crippen molar-refractivity contribution in [3.8, 4) is 5.75 Å². The largest absolute Gasteiger partial charge is 0.482 e. The minimum Gasteiger partial charge on any atom is -0.482 e. The third-order valence-corrected chi connectivity index (χ3v) is 2.77. The second-order valence-corrected chi connectivity index (χ2v) is 4.33. The van der Waals surface area contributed by atoms with Gasteiger partial charge < -0.3 is 9.47 Å². The van der Waals surface area contributed by atoms with Gasteiger partial charge in [0.05, 0.1) is 13.7 Å². The molecule has 0 aliphatic heterocycles. The van der Waals surface area contributed by atoms with Gasteiger partial charge in [0.2, 0.25) is 0 Å². The lowest BCUT2D eigenvalue weighted by molar-refractivity contribution is -0.142. The lowest BCUT2D eigenvalue weighted by atomic mass is 10.3. The molecule has 0 heterocycles. The third-order valence-electron chi connectivity index (χ3n) is 1.90. The average Bonchev–Trinajstić information content (AvgIpc) is 2.44. The molecule has 7 nitrogen and oxygen atoms in total. The van der Waals surface area contributed by atoms with Crippen LogP contribution < -0.4 is 4.74 Å². The van der Waals surface area contributed by atoms with Gasteiger partial charge in [0.15, 0.2) is 11.7 Å². The molecule has 1 rings (SSSR count). The van der Waals surface area contributed by atoms with E-state index in [1.54, 1.807) is 24.3 Å². The highest BCUT2D eigenvalue weighted by Gasteiger charge is 2.05. The molecule has 1 aromatic carbocycles. The van der Waals surface area contributed by atoms with Crippen LogP contribution >= 0.6 is 11.8 Å². The Hall–Kier alpha value is -2.18. The summed E-state index contributed by atoms with van der Waals surface area (Å²) in [6.07, 6.45) is 0. The molecule has 19 heavy (non-hydrogen) atoms. The molecule has 0 saturated heterocycles. The highest BCUT2D eigenvalue weighted by atomic mass is 32.2. The summed E-state index contributed by atoms with van der Waals surface area (Å²) in [5, 5.41) is 2.93. The van der Waals surface area contributed by atoms with E-state index in [0.29, 0.717) is 10.6 Å². The Morgan fingerprint density at radius 1 is 1.37 bits per heavy atom. The molecule has 0 saturated carbocycles. The Balaban J connectivity index is 2.49. The van der Waals surface area contributed by atoms with Gasteiger partial charge in [0.1, 0.15) is 5.75 Å². The topological polar surface area (TPSA) is 101 Å². The molecule has 0 aliphatic carbocycles. The molecule has 0 fully saturated rings. The van der Waals surface area contributed by atoms with E-state index in [2.05, 4.69) is 14.8 Å². The van der Waals surface area contributed by atoms with Crippen LogP contribution in [0.25, 0.3) is 10.4 Å². The molecular weight excluding hydrogens is 270 g/mol. The van der Waals surface area contributed by atoms with Crippen LogP contribution in [-0.2, 0) is 14.3 Å². The maximum atomic E-state index is 11.3. The van der Waals surface area contributed by atoms with E-state index in [-0.39, 0.29) is 18.3 Å². The molecular formula is C11H11N3O4S. The fourth-order valence-corrected chi connectivity index (χ4v) is 1.72. The third kappa shape index (κ3) is 5.80. The van der Waals surface area contributed by atoms with Crippen molar-refractivity contribution in [2.24, 2.45) is 5.11 Å². The van der Waals surface area contributed by atoms with Gasteiger partial charge in [-0.05, 0) is 29.8 Å². The van der Waals surface area contributed by atoms with E-state index in [9.17, 15) is 9.59 Å². The molecule has 100 valence electrons. The molecule has 0 N–H and O–H groups in total. The minimum absolute atomic E-state index is 0.168. The number of methoxy groups -OCH3 is 1. The first-order valence-electron chi connectivity index (χ1n) is 5.17. The zero-order valence-corrected chi connectivity index (χ0v) is 10.9. The Morgan fingerprint density at radius 3 is 2.63 bits per heavy atom. The van der Waals surface area contributed by atoms with Crippen LogP contribution in [-0.4, -0.2) is 31.3 Å². The second-order valence-electron chi connectivity index (χ2n) is 3.20. The van der Waals surface area contributed by atoms with Crippen LogP contribution in [0.1, 0.15) is 0 Å². The summed E-state index contributed by atoms with van der Waals surface area (Å²) in [4.78, 5) is 25.4. The number of rotatable bonds is 6. The predicted molar refractivity (Wildman–Crippen MR) is 68.8 cm³/mol. The van der Waals surface area contributed by atoms with Crippen LogP contribution in [0, 0.1) is 0 Å². The Kier molecular flexibility index (Phi) is 6.28. The molecule has 0 amide bonds. The molecule has 0 aliphatic rings. The van der Waals surface area contributed by atoms with Crippen molar-refractivity contribution >= 4 is 22.8 Å². The van der Waals surface area contributed by atoms with Crippen molar-refractivity contribution in [1.82, 2.24) is 0 Å². The normalized spacial score (nSPS) is 9.32. The van der Waals surface area contributed by atoms with Gasteiger partial charge in [-0.25, -0.2) is 4.79 Å². The number of nitrogens with zero attached hydrogens (tertiary/aromatic N) is 3. The van der Waals surface area contributed by atoms with E-state index < -0.39 is 5.97 Å². The van der Waals surface area contributed by atoms with Crippen LogP contribution in [0.4, 0.5) is 0 Å². The molecule has 0 atom stereocenters. The van der Waals surface area contributed by atoms with Crippen LogP contribution in [0.5, 0.6) is 5.75 Å². The highest BCUT2D eigenvalue weighted by Crippen LogP contribution is 2.22. The van der Waals surface area contributed by atoms with Crippen molar-refractivity contribution in [1.29, 1.82) is 0 Å². The zero-order chi connectivity index (χ0) is 14.1.